The van der Waals surface area contributed by atoms with Gasteiger partial charge in [-0.1, -0.05) is 17.9 Å². The highest BCUT2D eigenvalue weighted by molar-refractivity contribution is 5.88. The first-order chi connectivity index (χ1) is 12.6. The molecule has 0 spiro atoms. The molecule has 0 saturated carbocycles. The van der Waals surface area contributed by atoms with Gasteiger partial charge in [0.05, 0.1) is 16.9 Å². The minimum atomic E-state index is -0.101. The monoisotopic (exact) mass is 345 g/mol. The number of rotatable bonds is 4. The molecule has 0 unspecified atom stereocenters. The summed E-state index contributed by atoms with van der Waals surface area (Å²) in [5.74, 6) is -0.101. The van der Waals surface area contributed by atoms with Crippen LogP contribution in [0.15, 0.2) is 63.8 Å². The van der Waals surface area contributed by atoms with Crippen molar-refractivity contribution in [1.82, 2.24) is 9.97 Å². The third kappa shape index (κ3) is 3.75. The third-order valence-electron chi connectivity index (χ3n) is 3.83. The van der Waals surface area contributed by atoms with Gasteiger partial charge in [0.2, 0.25) is 0 Å². The van der Waals surface area contributed by atoms with Crippen molar-refractivity contribution >= 4 is 23.8 Å². The highest BCUT2D eigenvalue weighted by Crippen LogP contribution is 2.27. The van der Waals surface area contributed by atoms with Crippen LogP contribution in [-0.4, -0.2) is 22.4 Å². The van der Waals surface area contributed by atoms with Gasteiger partial charge in [-0.05, 0) is 31.5 Å². The van der Waals surface area contributed by atoms with Gasteiger partial charge in [-0.25, -0.2) is 0 Å². The van der Waals surface area contributed by atoms with E-state index in [0.29, 0.717) is 33.6 Å². The molecule has 3 aromatic rings. The summed E-state index contributed by atoms with van der Waals surface area (Å²) in [6, 6.07) is 7.24. The Morgan fingerprint density at radius 3 is 2.31 bits per heavy atom. The lowest BCUT2D eigenvalue weighted by Gasteiger charge is -2.12. The van der Waals surface area contributed by atoms with Gasteiger partial charge >= 0.3 is 0 Å². The zero-order valence-electron chi connectivity index (χ0n) is 14.4. The first-order valence-corrected chi connectivity index (χ1v) is 8.03. The molecule has 0 radical (unpaired) electrons. The number of H-pyrrole nitrogens is 1. The molecule has 6 heteroatoms. The van der Waals surface area contributed by atoms with Crippen LogP contribution in [-0.2, 0) is 0 Å². The number of nitrogens with one attached hydrogen (secondary N) is 1. The first-order valence-electron chi connectivity index (χ1n) is 8.03. The van der Waals surface area contributed by atoms with Crippen LogP contribution < -0.4 is 10.5 Å². The topological polar surface area (TPSA) is 93.5 Å². The van der Waals surface area contributed by atoms with Crippen molar-refractivity contribution in [3.8, 4) is 5.75 Å². The van der Waals surface area contributed by atoms with E-state index in [-0.39, 0.29) is 11.2 Å². The van der Waals surface area contributed by atoms with Crippen LogP contribution in [0.1, 0.15) is 22.3 Å². The molecular weight excluding hydrogens is 328 g/mol. The number of hydrogen-bond acceptors (Lipinski definition) is 5. The molecule has 1 N–H and O–H groups in total. The number of para-hydroxylation sites is 2. The Hall–Kier alpha value is -3.54. The second kappa shape index (κ2) is 7.57. The van der Waals surface area contributed by atoms with E-state index in [1.165, 1.54) is 24.8 Å². The molecule has 130 valence electrons. The van der Waals surface area contributed by atoms with Gasteiger partial charge in [-0.2, -0.15) is 0 Å². The summed E-state index contributed by atoms with van der Waals surface area (Å²) in [4.78, 5) is 27.7. The Bertz CT molecular complexity index is 1050. The van der Waals surface area contributed by atoms with E-state index in [0.717, 1.165) is 0 Å². The lowest BCUT2D eigenvalue weighted by molar-refractivity contribution is -0.269. The second-order valence-corrected chi connectivity index (χ2v) is 5.80. The predicted octanol–water partition coefficient (Wildman–Crippen LogP) is 2.96. The minimum Gasteiger partial charge on any atom is -0.872 e. The summed E-state index contributed by atoms with van der Waals surface area (Å²) < 4.78 is 0. The van der Waals surface area contributed by atoms with Crippen LogP contribution >= 0.6 is 0 Å². The van der Waals surface area contributed by atoms with E-state index in [1.807, 2.05) is 12.1 Å². The van der Waals surface area contributed by atoms with Gasteiger partial charge in [0.15, 0.2) is 5.43 Å². The smallest absolute Gasteiger partial charge is 0.193 e. The van der Waals surface area contributed by atoms with E-state index < -0.39 is 0 Å². The van der Waals surface area contributed by atoms with Gasteiger partial charge in [0.1, 0.15) is 0 Å². The zero-order valence-corrected chi connectivity index (χ0v) is 14.4. The fraction of sp³-hybridized carbons (Fsp3) is 0.100. The van der Waals surface area contributed by atoms with Crippen LogP contribution in [0.5, 0.6) is 5.75 Å². The van der Waals surface area contributed by atoms with Crippen molar-refractivity contribution in [3.63, 3.8) is 0 Å². The maximum atomic E-state index is 12.1. The second-order valence-electron chi connectivity index (χ2n) is 5.80. The number of aromatic nitrogens is 2. The fourth-order valence-corrected chi connectivity index (χ4v) is 2.34. The Morgan fingerprint density at radius 2 is 1.62 bits per heavy atom. The molecule has 0 bridgehead atoms. The molecule has 0 fully saturated rings. The number of aliphatic imine (C=N–C) groups is 2. The molecule has 26 heavy (non-hydrogen) atoms. The van der Waals surface area contributed by atoms with Gasteiger partial charge in [0, 0.05) is 48.3 Å². The predicted molar refractivity (Wildman–Crippen MR) is 101 cm³/mol. The molecule has 2 heterocycles. The lowest BCUT2D eigenvalue weighted by Crippen LogP contribution is -2.11. The molecule has 6 nitrogen and oxygen atoms in total. The Labute approximate surface area is 150 Å². The van der Waals surface area contributed by atoms with Crippen LogP contribution in [0.4, 0.5) is 11.4 Å². The largest absolute Gasteiger partial charge is 0.872 e. The van der Waals surface area contributed by atoms with Gasteiger partial charge < -0.3 is 10.1 Å². The van der Waals surface area contributed by atoms with E-state index in [4.69, 9.17) is 0 Å². The lowest BCUT2D eigenvalue weighted by atomic mass is 10.2. The molecule has 0 aliphatic rings. The highest BCUT2D eigenvalue weighted by Gasteiger charge is 2.01. The summed E-state index contributed by atoms with van der Waals surface area (Å²) in [7, 11) is 0. The standard InChI is InChI=1S/C20H18N4O2/c1-13-7-21-9-15(19(13)25)11-23-17-5-3-4-6-18(17)24-12-16-10-22-8-14(2)20(16)26/h3-12H,1-2H3,(H,21,25)(H,22,26)/p-1. The number of hydrogen-bond donors (Lipinski definition) is 1. The van der Waals surface area contributed by atoms with E-state index >= 15 is 0 Å². The normalized spacial score (nSPS) is 11.5. The Kier molecular flexibility index (Phi) is 5.03. The number of pyridine rings is 2. The molecule has 3 rings (SSSR count). The molecule has 0 atom stereocenters. The van der Waals surface area contributed by atoms with Crippen molar-refractivity contribution in [1.29, 1.82) is 0 Å². The van der Waals surface area contributed by atoms with Gasteiger partial charge in [-0.3, -0.25) is 19.8 Å². The van der Waals surface area contributed by atoms with Crippen molar-refractivity contribution in [2.75, 3.05) is 0 Å². The van der Waals surface area contributed by atoms with Crippen molar-refractivity contribution < 1.29 is 5.11 Å². The van der Waals surface area contributed by atoms with Crippen LogP contribution in [0.25, 0.3) is 0 Å². The van der Waals surface area contributed by atoms with E-state index in [9.17, 15) is 9.90 Å². The molecule has 2 aromatic heterocycles. The van der Waals surface area contributed by atoms with Crippen LogP contribution in [0.2, 0.25) is 0 Å². The van der Waals surface area contributed by atoms with Crippen molar-refractivity contribution in [3.05, 3.63) is 81.5 Å². The number of aromatic amines is 1. The Balaban J connectivity index is 1.92. The average molecular weight is 345 g/mol. The number of aryl methyl sites for hydroxylation is 2. The summed E-state index contributed by atoms with van der Waals surface area (Å²) >= 11 is 0. The first kappa shape index (κ1) is 17.3. The van der Waals surface area contributed by atoms with Gasteiger partial charge in [0.25, 0.3) is 0 Å². The SMILES string of the molecule is Cc1cncc(C=Nc2ccccc2N=Cc2c[nH]cc(C)c2=O)c1[O-]. The third-order valence-corrected chi connectivity index (χ3v) is 3.83. The number of benzene rings is 1. The number of nitrogens with zero attached hydrogens (tertiary/aromatic N) is 3. The van der Waals surface area contributed by atoms with Gasteiger partial charge in [-0.15, -0.1) is 0 Å². The summed E-state index contributed by atoms with van der Waals surface area (Å²) in [5, 5.41) is 12.1. The van der Waals surface area contributed by atoms with Crippen LogP contribution in [0, 0.1) is 13.8 Å². The summed E-state index contributed by atoms with van der Waals surface area (Å²) in [5.41, 5.74) is 3.18. The molecule has 0 amide bonds. The van der Waals surface area contributed by atoms with E-state index in [2.05, 4.69) is 20.0 Å². The van der Waals surface area contributed by atoms with Crippen molar-refractivity contribution in [2.24, 2.45) is 9.98 Å². The highest BCUT2D eigenvalue weighted by atomic mass is 16.3. The van der Waals surface area contributed by atoms with Crippen molar-refractivity contribution in [2.45, 2.75) is 13.8 Å². The average Bonchev–Trinajstić information content (AvgIpc) is 2.65. The van der Waals surface area contributed by atoms with E-state index in [1.54, 1.807) is 38.4 Å². The maximum absolute atomic E-state index is 12.1. The molecular formula is C20H17N4O2-. The molecule has 0 aliphatic heterocycles. The molecule has 0 aliphatic carbocycles. The Morgan fingerprint density at radius 1 is 0.962 bits per heavy atom. The summed E-state index contributed by atoms with van der Waals surface area (Å²) in [6.45, 7) is 3.45. The maximum Gasteiger partial charge on any atom is 0.193 e. The molecule has 1 aromatic carbocycles. The zero-order chi connectivity index (χ0) is 18.5. The molecule has 0 saturated heterocycles. The minimum absolute atomic E-state index is 0.0738. The summed E-state index contributed by atoms with van der Waals surface area (Å²) in [6.07, 6.45) is 9.25. The fourth-order valence-electron chi connectivity index (χ4n) is 2.34. The quantitative estimate of drug-likeness (QED) is 0.737. The van der Waals surface area contributed by atoms with Crippen LogP contribution in [0.3, 0.4) is 0 Å².